The summed E-state index contributed by atoms with van der Waals surface area (Å²) in [6.07, 6.45) is 5.54. The van der Waals surface area contributed by atoms with Crippen molar-refractivity contribution in [3.8, 4) is 0 Å². The van der Waals surface area contributed by atoms with Gasteiger partial charge in [0.05, 0.1) is 6.10 Å². The first-order valence-electron chi connectivity index (χ1n) is 8.45. The maximum Gasteiger partial charge on any atom is 0.0750 e. The van der Waals surface area contributed by atoms with E-state index in [2.05, 4.69) is 42.3 Å². The van der Waals surface area contributed by atoms with E-state index in [4.69, 9.17) is 4.74 Å². The quantitative estimate of drug-likeness (QED) is 0.833. The van der Waals surface area contributed by atoms with Crippen molar-refractivity contribution in [2.24, 2.45) is 0 Å². The third-order valence-corrected chi connectivity index (χ3v) is 4.60. The molecule has 1 saturated heterocycles. The number of nitrogens with one attached hydrogen (secondary N) is 1. The van der Waals surface area contributed by atoms with E-state index in [1.807, 2.05) is 0 Å². The van der Waals surface area contributed by atoms with E-state index >= 15 is 0 Å². The van der Waals surface area contributed by atoms with Crippen LogP contribution in [0.1, 0.15) is 43.7 Å². The Kier molecular flexibility index (Phi) is 4.81. The zero-order valence-corrected chi connectivity index (χ0v) is 13.4. The molecule has 1 aromatic rings. The molecule has 116 valence electrons. The third-order valence-electron chi connectivity index (χ3n) is 4.60. The second-order valence-corrected chi connectivity index (χ2v) is 6.45. The fourth-order valence-corrected chi connectivity index (χ4v) is 3.16. The number of aryl methyl sites for hydroxylation is 1. The van der Waals surface area contributed by atoms with Crippen molar-refractivity contribution in [3.63, 3.8) is 0 Å². The summed E-state index contributed by atoms with van der Waals surface area (Å²) in [7, 11) is 0. The van der Waals surface area contributed by atoms with Crippen LogP contribution >= 0.6 is 0 Å². The van der Waals surface area contributed by atoms with Crippen molar-refractivity contribution in [1.29, 1.82) is 0 Å². The van der Waals surface area contributed by atoms with Crippen LogP contribution in [-0.4, -0.2) is 31.8 Å². The molecule has 3 nitrogen and oxygen atoms in total. The SMILES string of the molecule is CCN(CC1CCCO1)c1ccc(CNC2CC2)cc1C. The lowest BCUT2D eigenvalue weighted by Gasteiger charge is -2.28. The number of rotatable bonds is 7. The number of likely N-dealkylation sites (N-methyl/N-ethyl adjacent to an activating group) is 1. The highest BCUT2D eigenvalue weighted by Crippen LogP contribution is 2.25. The van der Waals surface area contributed by atoms with Crippen molar-refractivity contribution < 1.29 is 4.74 Å². The summed E-state index contributed by atoms with van der Waals surface area (Å²) in [6, 6.07) is 7.67. The number of nitrogens with zero attached hydrogens (tertiary/aromatic N) is 1. The zero-order chi connectivity index (χ0) is 14.7. The van der Waals surface area contributed by atoms with Gasteiger partial charge in [0.25, 0.3) is 0 Å². The van der Waals surface area contributed by atoms with E-state index in [1.54, 1.807) is 0 Å². The first-order chi connectivity index (χ1) is 10.3. The lowest BCUT2D eigenvalue weighted by atomic mass is 10.1. The lowest BCUT2D eigenvalue weighted by Crippen LogP contribution is -2.32. The fourth-order valence-electron chi connectivity index (χ4n) is 3.16. The maximum absolute atomic E-state index is 5.79. The Hall–Kier alpha value is -1.06. The predicted molar refractivity (Wildman–Crippen MR) is 87.9 cm³/mol. The van der Waals surface area contributed by atoms with Gasteiger partial charge in [-0.1, -0.05) is 12.1 Å². The summed E-state index contributed by atoms with van der Waals surface area (Å²) in [6.45, 7) is 8.47. The Bertz CT molecular complexity index is 464. The van der Waals surface area contributed by atoms with Gasteiger partial charge in [0.2, 0.25) is 0 Å². The minimum absolute atomic E-state index is 0.417. The molecule has 1 atom stereocenters. The largest absolute Gasteiger partial charge is 0.376 e. The molecule has 1 aliphatic carbocycles. The zero-order valence-electron chi connectivity index (χ0n) is 13.4. The highest BCUT2D eigenvalue weighted by molar-refractivity contribution is 5.54. The molecule has 0 aromatic heterocycles. The van der Waals surface area contributed by atoms with E-state index < -0.39 is 0 Å². The molecular formula is C18H28N2O. The molecule has 1 aliphatic heterocycles. The standard InChI is InChI=1S/C18H28N2O/c1-3-20(13-17-5-4-10-21-17)18-9-6-15(11-14(18)2)12-19-16-7-8-16/h6,9,11,16-17,19H,3-5,7-8,10,12-13H2,1-2H3. The summed E-state index contributed by atoms with van der Waals surface area (Å²) in [5, 5.41) is 3.59. The Morgan fingerprint density at radius 3 is 2.76 bits per heavy atom. The summed E-state index contributed by atoms with van der Waals surface area (Å²) in [5.74, 6) is 0. The molecule has 1 saturated carbocycles. The number of ether oxygens (including phenoxy) is 1. The van der Waals surface area contributed by atoms with Crippen LogP contribution in [0.3, 0.4) is 0 Å². The van der Waals surface area contributed by atoms with Gasteiger partial charge in [0, 0.05) is 38.0 Å². The van der Waals surface area contributed by atoms with Crippen molar-refractivity contribution in [3.05, 3.63) is 29.3 Å². The molecule has 1 N–H and O–H groups in total. The molecule has 1 heterocycles. The molecule has 21 heavy (non-hydrogen) atoms. The average molecular weight is 288 g/mol. The van der Waals surface area contributed by atoms with Gasteiger partial charge in [-0.05, 0) is 56.7 Å². The molecule has 0 amide bonds. The molecule has 1 unspecified atom stereocenters. The molecule has 2 aliphatic rings. The second kappa shape index (κ2) is 6.80. The van der Waals surface area contributed by atoms with Gasteiger partial charge in [0.1, 0.15) is 0 Å². The first kappa shape index (κ1) is 14.9. The van der Waals surface area contributed by atoms with Crippen molar-refractivity contribution >= 4 is 5.69 Å². The average Bonchev–Trinajstić information content (AvgIpc) is 3.18. The van der Waals surface area contributed by atoms with E-state index in [-0.39, 0.29) is 0 Å². The van der Waals surface area contributed by atoms with Gasteiger partial charge in [-0.3, -0.25) is 0 Å². The molecule has 1 aromatic carbocycles. The molecule has 3 rings (SSSR count). The van der Waals surface area contributed by atoms with Gasteiger partial charge in [-0.25, -0.2) is 0 Å². The lowest BCUT2D eigenvalue weighted by molar-refractivity contribution is 0.115. The number of hydrogen-bond acceptors (Lipinski definition) is 3. The van der Waals surface area contributed by atoms with Gasteiger partial charge in [-0.2, -0.15) is 0 Å². The first-order valence-corrected chi connectivity index (χ1v) is 8.45. The van der Waals surface area contributed by atoms with Crippen LogP contribution in [-0.2, 0) is 11.3 Å². The van der Waals surface area contributed by atoms with Crippen LogP contribution in [0.25, 0.3) is 0 Å². The van der Waals surface area contributed by atoms with Gasteiger partial charge in [-0.15, -0.1) is 0 Å². The molecule has 0 bridgehead atoms. The fraction of sp³-hybridized carbons (Fsp3) is 0.667. The predicted octanol–water partition coefficient (Wildman–Crippen LogP) is 3.25. The van der Waals surface area contributed by atoms with Crippen LogP contribution < -0.4 is 10.2 Å². The Balaban J connectivity index is 1.63. The third kappa shape index (κ3) is 3.98. The van der Waals surface area contributed by atoms with Gasteiger partial charge < -0.3 is 15.0 Å². The van der Waals surface area contributed by atoms with Crippen molar-refractivity contribution in [2.45, 2.75) is 58.2 Å². The highest BCUT2D eigenvalue weighted by Gasteiger charge is 2.21. The van der Waals surface area contributed by atoms with Crippen LogP contribution in [0, 0.1) is 6.92 Å². The molecule has 0 spiro atoms. The van der Waals surface area contributed by atoms with Gasteiger partial charge >= 0.3 is 0 Å². The van der Waals surface area contributed by atoms with Crippen LogP contribution in [0.2, 0.25) is 0 Å². The maximum atomic E-state index is 5.79. The minimum Gasteiger partial charge on any atom is -0.376 e. The summed E-state index contributed by atoms with van der Waals surface area (Å²) >= 11 is 0. The molecule has 2 fully saturated rings. The summed E-state index contributed by atoms with van der Waals surface area (Å²) in [5.41, 5.74) is 4.14. The minimum atomic E-state index is 0.417. The highest BCUT2D eigenvalue weighted by atomic mass is 16.5. The monoisotopic (exact) mass is 288 g/mol. The normalized spacial score (nSPS) is 21.7. The second-order valence-electron chi connectivity index (χ2n) is 6.45. The Labute approximate surface area is 128 Å². The van der Waals surface area contributed by atoms with Crippen LogP contribution in [0.4, 0.5) is 5.69 Å². The Morgan fingerprint density at radius 1 is 1.29 bits per heavy atom. The number of anilines is 1. The number of benzene rings is 1. The summed E-state index contributed by atoms with van der Waals surface area (Å²) < 4.78 is 5.79. The molecule has 0 radical (unpaired) electrons. The van der Waals surface area contributed by atoms with E-state index in [0.29, 0.717) is 6.10 Å². The smallest absolute Gasteiger partial charge is 0.0750 e. The van der Waals surface area contributed by atoms with Gasteiger partial charge in [0.15, 0.2) is 0 Å². The molecular weight excluding hydrogens is 260 g/mol. The van der Waals surface area contributed by atoms with E-state index in [1.165, 1.54) is 42.5 Å². The number of hydrogen-bond donors (Lipinski definition) is 1. The van der Waals surface area contributed by atoms with Crippen LogP contribution in [0.5, 0.6) is 0 Å². The summed E-state index contributed by atoms with van der Waals surface area (Å²) in [4.78, 5) is 2.46. The van der Waals surface area contributed by atoms with Crippen molar-refractivity contribution in [1.82, 2.24) is 5.32 Å². The van der Waals surface area contributed by atoms with E-state index in [0.717, 1.165) is 32.3 Å². The van der Waals surface area contributed by atoms with Crippen molar-refractivity contribution in [2.75, 3.05) is 24.6 Å². The Morgan fingerprint density at radius 2 is 2.14 bits per heavy atom. The molecule has 3 heteroatoms. The van der Waals surface area contributed by atoms with E-state index in [9.17, 15) is 0 Å². The van der Waals surface area contributed by atoms with Crippen LogP contribution in [0.15, 0.2) is 18.2 Å². The topological polar surface area (TPSA) is 24.5 Å².